The Hall–Kier alpha value is -2.82. The number of carboxylic acids is 1. The number of carboxylic acid groups (broad SMARTS) is 1. The fourth-order valence-corrected chi connectivity index (χ4v) is 2.56. The molecule has 0 fully saturated rings. The number of rotatable bonds is 6. The first-order chi connectivity index (χ1) is 12.2. The molecule has 0 saturated heterocycles. The smallest absolute Gasteiger partial charge is 0.407 e. The van der Waals surface area contributed by atoms with E-state index in [1.807, 2.05) is 54.6 Å². The van der Waals surface area contributed by atoms with Crippen molar-refractivity contribution in [3.63, 3.8) is 0 Å². The van der Waals surface area contributed by atoms with Gasteiger partial charge in [-0.15, -0.1) is 0 Å². The molecule has 0 aliphatic heterocycles. The van der Waals surface area contributed by atoms with E-state index in [1.54, 1.807) is 20.8 Å². The second kappa shape index (κ2) is 8.52. The summed E-state index contributed by atoms with van der Waals surface area (Å²) in [6.07, 6.45) is -0.284. The van der Waals surface area contributed by atoms with E-state index in [1.165, 1.54) is 0 Å². The molecule has 0 heterocycles. The highest BCUT2D eigenvalue weighted by Crippen LogP contribution is 2.21. The first-order valence-corrected chi connectivity index (χ1v) is 8.58. The number of aliphatic carboxylic acids is 1. The Morgan fingerprint density at radius 1 is 1.04 bits per heavy atom. The summed E-state index contributed by atoms with van der Waals surface area (Å²) in [5.74, 6) is -1.68. The van der Waals surface area contributed by atoms with Crippen LogP contribution in [0.5, 0.6) is 0 Å². The van der Waals surface area contributed by atoms with Crippen LogP contribution < -0.4 is 5.32 Å². The van der Waals surface area contributed by atoms with Crippen LogP contribution in [-0.4, -0.2) is 29.3 Å². The van der Waals surface area contributed by atoms with Crippen LogP contribution in [-0.2, 0) is 16.0 Å². The van der Waals surface area contributed by atoms with E-state index in [-0.39, 0.29) is 6.54 Å². The highest BCUT2D eigenvalue weighted by Gasteiger charge is 2.21. The fourth-order valence-electron chi connectivity index (χ4n) is 2.56. The van der Waals surface area contributed by atoms with E-state index < -0.39 is 23.6 Å². The standard InChI is InChI=1S/C21H25NO4/c1-21(2,3)26-20(25)22-14-18(19(23)24)13-15-8-7-11-17(12-15)16-9-5-4-6-10-16/h4-12,18H,13-14H2,1-3H3,(H,22,25)(H,23,24). The van der Waals surface area contributed by atoms with Gasteiger partial charge in [-0.25, -0.2) is 4.79 Å². The van der Waals surface area contributed by atoms with Crippen LogP contribution in [0.2, 0.25) is 0 Å². The Bertz CT molecular complexity index is 750. The summed E-state index contributed by atoms with van der Waals surface area (Å²) in [6.45, 7) is 5.29. The number of carbonyl (C=O) groups is 2. The molecule has 5 heteroatoms. The minimum atomic E-state index is -0.953. The van der Waals surface area contributed by atoms with Gasteiger partial charge in [0, 0.05) is 6.54 Å². The average Bonchev–Trinajstić information content (AvgIpc) is 2.58. The molecule has 0 saturated carbocycles. The van der Waals surface area contributed by atoms with Gasteiger partial charge in [0.1, 0.15) is 5.60 Å². The van der Waals surface area contributed by atoms with Crippen molar-refractivity contribution in [3.05, 3.63) is 60.2 Å². The lowest BCUT2D eigenvalue weighted by molar-refractivity contribution is -0.141. The van der Waals surface area contributed by atoms with Crippen LogP contribution in [0.1, 0.15) is 26.3 Å². The second-order valence-electron chi connectivity index (χ2n) is 7.19. The Kier molecular flexibility index (Phi) is 6.39. The molecule has 2 rings (SSSR count). The highest BCUT2D eigenvalue weighted by molar-refractivity contribution is 5.73. The van der Waals surface area contributed by atoms with E-state index in [0.717, 1.165) is 16.7 Å². The van der Waals surface area contributed by atoms with Crippen LogP contribution in [0.4, 0.5) is 4.79 Å². The Morgan fingerprint density at radius 2 is 1.69 bits per heavy atom. The number of amides is 1. The zero-order valence-electron chi connectivity index (χ0n) is 15.4. The third-order valence-electron chi connectivity index (χ3n) is 3.76. The largest absolute Gasteiger partial charge is 0.481 e. The van der Waals surface area contributed by atoms with Crippen LogP contribution in [0.3, 0.4) is 0 Å². The van der Waals surface area contributed by atoms with Gasteiger partial charge in [-0.2, -0.15) is 0 Å². The number of ether oxygens (including phenoxy) is 1. The first kappa shape index (κ1) is 19.5. The van der Waals surface area contributed by atoms with Gasteiger partial charge in [-0.1, -0.05) is 54.6 Å². The van der Waals surface area contributed by atoms with Gasteiger partial charge in [-0.3, -0.25) is 4.79 Å². The van der Waals surface area contributed by atoms with Crippen molar-refractivity contribution >= 4 is 12.1 Å². The van der Waals surface area contributed by atoms with Gasteiger partial charge in [0.2, 0.25) is 0 Å². The maximum absolute atomic E-state index is 11.8. The number of hydrogen-bond acceptors (Lipinski definition) is 3. The van der Waals surface area contributed by atoms with Crippen molar-refractivity contribution in [1.29, 1.82) is 0 Å². The summed E-state index contributed by atoms with van der Waals surface area (Å²) in [5.41, 5.74) is 2.40. The first-order valence-electron chi connectivity index (χ1n) is 8.58. The monoisotopic (exact) mass is 355 g/mol. The Balaban J connectivity index is 2.04. The predicted molar refractivity (Wildman–Crippen MR) is 101 cm³/mol. The van der Waals surface area contributed by atoms with Crippen molar-refractivity contribution < 1.29 is 19.4 Å². The molecule has 2 aromatic carbocycles. The van der Waals surface area contributed by atoms with Gasteiger partial charge in [0.15, 0.2) is 0 Å². The zero-order valence-corrected chi connectivity index (χ0v) is 15.4. The van der Waals surface area contributed by atoms with E-state index >= 15 is 0 Å². The van der Waals surface area contributed by atoms with E-state index in [4.69, 9.17) is 4.74 Å². The third-order valence-corrected chi connectivity index (χ3v) is 3.76. The number of benzene rings is 2. The minimum Gasteiger partial charge on any atom is -0.481 e. The van der Waals surface area contributed by atoms with Crippen molar-refractivity contribution in [2.45, 2.75) is 32.8 Å². The SMILES string of the molecule is CC(C)(C)OC(=O)NCC(Cc1cccc(-c2ccccc2)c1)C(=O)O. The zero-order chi connectivity index (χ0) is 19.2. The lowest BCUT2D eigenvalue weighted by Gasteiger charge is -2.21. The number of carbonyl (C=O) groups excluding carboxylic acids is 1. The van der Waals surface area contributed by atoms with E-state index in [2.05, 4.69) is 5.32 Å². The topological polar surface area (TPSA) is 75.6 Å². The number of nitrogens with one attached hydrogen (secondary N) is 1. The quantitative estimate of drug-likeness (QED) is 0.817. The molecule has 0 radical (unpaired) electrons. The molecule has 1 unspecified atom stereocenters. The molecular weight excluding hydrogens is 330 g/mol. The van der Waals surface area contributed by atoms with Crippen LogP contribution in [0.15, 0.2) is 54.6 Å². The molecule has 0 aliphatic rings. The van der Waals surface area contributed by atoms with Crippen LogP contribution in [0.25, 0.3) is 11.1 Å². The summed E-state index contributed by atoms with van der Waals surface area (Å²) in [4.78, 5) is 23.3. The van der Waals surface area contributed by atoms with Crippen LogP contribution >= 0.6 is 0 Å². The summed E-state index contributed by atoms with van der Waals surface area (Å²) < 4.78 is 5.15. The molecule has 2 aromatic rings. The summed E-state index contributed by atoms with van der Waals surface area (Å²) >= 11 is 0. The second-order valence-corrected chi connectivity index (χ2v) is 7.19. The summed E-state index contributed by atoms with van der Waals surface area (Å²) in [7, 11) is 0. The van der Waals surface area contributed by atoms with Gasteiger partial charge in [0.25, 0.3) is 0 Å². The van der Waals surface area contributed by atoms with Crippen molar-refractivity contribution in [3.8, 4) is 11.1 Å². The normalized spacial score (nSPS) is 12.3. The minimum absolute atomic E-state index is 0.0137. The number of hydrogen-bond donors (Lipinski definition) is 2. The fraction of sp³-hybridized carbons (Fsp3) is 0.333. The molecule has 1 atom stereocenters. The molecule has 5 nitrogen and oxygen atoms in total. The van der Waals surface area contributed by atoms with Crippen molar-refractivity contribution in [1.82, 2.24) is 5.32 Å². The van der Waals surface area contributed by atoms with Gasteiger partial charge < -0.3 is 15.2 Å². The molecular formula is C21H25NO4. The third kappa shape index (κ3) is 6.24. The molecule has 0 bridgehead atoms. The Morgan fingerprint density at radius 3 is 2.31 bits per heavy atom. The van der Waals surface area contributed by atoms with E-state index in [9.17, 15) is 14.7 Å². The summed E-state index contributed by atoms with van der Waals surface area (Å²) in [5, 5.41) is 12.0. The van der Waals surface area contributed by atoms with Crippen LogP contribution in [0, 0.1) is 5.92 Å². The molecule has 0 aromatic heterocycles. The van der Waals surface area contributed by atoms with Crippen molar-refractivity contribution in [2.24, 2.45) is 5.92 Å². The maximum Gasteiger partial charge on any atom is 0.407 e. The van der Waals surface area contributed by atoms with Gasteiger partial charge >= 0.3 is 12.1 Å². The molecule has 26 heavy (non-hydrogen) atoms. The molecule has 2 N–H and O–H groups in total. The molecule has 1 amide bonds. The molecule has 0 spiro atoms. The average molecular weight is 355 g/mol. The number of alkyl carbamates (subject to hydrolysis) is 1. The highest BCUT2D eigenvalue weighted by atomic mass is 16.6. The lowest BCUT2D eigenvalue weighted by Crippen LogP contribution is -2.37. The molecule has 0 aliphatic carbocycles. The van der Waals surface area contributed by atoms with Gasteiger partial charge in [0.05, 0.1) is 5.92 Å². The van der Waals surface area contributed by atoms with Gasteiger partial charge in [-0.05, 0) is 43.9 Å². The van der Waals surface area contributed by atoms with E-state index in [0.29, 0.717) is 6.42 Å². The lowest BCUT2D eigenvalue weighted by atomic mass is 9.96. The molecule has 138 valence electrons. The maximum atomic E-state index is 11.8. The predicted octanol–water partition coefficient (Wildman–Crippen LogP) is 4.12. The summed E-state index contributed by atoms with van der Waals surface area (Å²) in [6, 6.07) is 17.7. The van der Waals surface area contributed by atoms with Crippen molar-refractivity contribution in [2.75, 3.05) is 6.54 Å². The Labute approximate surface area is 154 Å².